The Morgan fingerprint density at radius 2 is 2.05 bits per heavy atom. The fourth-order valence-corrected chi connectivity index (χ4v) is 3.13. The summed E-state index contributed by atoms with van der Waals surface area (Å²) in [4.78, 5) is 6.62. The summed E-state index contributed by atoms with van der Waals surface area (Å²) in [6, 6.07) is 8.38. The van der Waals surface area contributed by atoms with E-state index in [9.17, 15) is 8.42 Å². The van der Waals surface area contributed by atoms with Gasteiger partial charge < -0.3 is 9.32 Å². The van der Waals surface area contributed by atoms with Crippen LogP contribution in [0.3, 0.4) is 0 Å². The van der Waals surface area contributed by atoms with Gasteiger partial charge in [0.1, 0.15) is 5.52 Å². The molecule has 0 radical (unpaired) electrons. The molecule has 1 aromatic heterocycles. The number of benzene rings is 1. The molecule has 7 heteroatoms. The molecule has 0 bridgehead atoms. The number of piperidine rings is 1. The van der Waals surface area contributed by atoms with Gasteiger partial charge in [0, 0.05) is 19.6 Å². The lowest BCUT2D eigenvalue weighted by molar-refractivity contribution is 0.388. The highest BCUT2D eigenvalue weighted by Crippen LogP contribution is 2.26. The highest BCUT2D eigenvalue weighted by molar-refractivity contribution is 7.88. The Bertz CT molecular complexity index is 685. The number of fused-ring (bicyclic) bond motifs is 1. The average Bonchev–Trinajstić information content (AvgIpc) is 2.89. The first-order valence-electron chi connectivity index (χ1n) is 7.06. The molecular formula is C14H19N3O3S. The van der Waals surface area contributed by atoms with Gasteiger partial charge in [-0.2, -0.15) is 4.98 Å². The predicted molar refractivity (Wildman–Crippen MR) is 81.8 cm³/mol. The maximum Gasteiger partial charge on any atom is 0.298 e. The number of aromatic nitrogens is 1. The van der Waals surface area contributed by atoms with Gasteiger partial charge in [0.2, 0.25) is 10.0 Å². The number of anilines is 1. The van der Waals surface area contributed by atoms with E-state index in [0.29, 0.717) is 18.5 Å². The fraction of sp³-hybridized carbons (Fsp3) is 0.500. The maximum atomic E-state index is 11.1. The molecule has 1 aliphatic rings. The Hall–Kier alpha value is -1.60. The molecule has 0 atom stereocenters. The van der Waals surface area contributed by atoms with Crippen molar-refractivity contribution in [3.05, 3.63) is 24.3 Å². The molecule has 6 nitrogen and oxygen atoms in total. The molecule has 1 aromatic carbocycles. The van der Waals surface area contributed by atoms with Crippen molar-refractivity contribution in [3.8, 4) is 0 Å². The summed E-state index contributed by atoms with van der Waals surface area (Å²) in [6.07, 6.45) is 3.06. The van der Waals surface area contributed by atoms with Crippen molar-refractivity contribution in [1.29, 1.82) is 0 Å². The van der Waals surface area contributed by atoms with Crippen molar-refractivity contribution in [2.75, 3.05) is 30.8 Å². The smallest absolute Gasteiger partial charge is 0.298 e. The number of sulfonamides is 1. The number of nitrogens with one attached hydrogen (secondary N) is 1. The molecule has 1 aliphatic heterocycles. The third-order valence-corrected chi connectivity index (χ3v) is 4.49. The molecule has 1 saturated heterocycles. The van der Waals surface area contributed by atoms with Crippen LogP contribution < -0.4 is 9.62 Å². The van der Waals surface area contributed by atoms with E-state index in [1.54, 1.807) is 0 Å². The first-order valence-corrected chi connectivity index (χ1v) is 8.95. The predicted octanol–water partition coefficient (Wildman–Crippen LogP) is 1.59. The zero-order chi connectivity index (χ0) is 14.9. The Balaban J connectivity index is 1.60. The van der Waals surface area contributed by atoms with Crippen molar-refractivity contribution in [1.82, 2.24) is 9.71 Å². The van der Waals surface area contributed by atoms with Crippen molar-refractivity contribution in [2.24, 2.45) is 5.92 Å². The molecule has 1 fully saturated rings. The summed E-state index contributed by atoms with van der Waals surface area (Å²) >= 11 is 0. The molecule has 0 amide bonds. The molecule has 2 heterocycles. The van der Waals surface area contributed by atoms with Gasteiger partial charge in [-0.05, 0) is 30.9 Å². The van der Waals surface area contributed by atoms with Crippen LogP contribution in [0.5, 0.6) is 0 Å². The quantitative estimate of drug-likeness (QED) is 0.928. The summed E-state index contributed by atoms with van der Waals surface area (Å²) in [5.74, 6) is 0.375. The molecule has 114 valence electrons. The highest BCUT2D eigenvalue weighted by Gasteiger charge is 2.23. The third kappa shape index (κ3) is 3.54. The van der Waals surface area contributed by atoms with E-state index >= 15 is 0 Å². The van der Waals surface area contributed by atoms with E-state index in [0.717, 1.165) is 37.0 Å². The number of oxazole rings is 1. The number of para-hydroxylation sites is 2. The minimum Gasteiger partial charge on any atom is -0.423 e. The van der Waals surface area contributed by atoms with Crippen LogP contribution in [0.1, 0.15) is 12.8 Å². The molecule has 1 N–H and O–H groups in total. The summed E-state index contributed by atoms with van der Waals surface area (Å²) in [5.41, 5.74) is 1.67. The van der Waals surface area contributed by atoms with Crippen LogP contribution in [0.25, 0.3) is 11.1 Å². The van der Waals surface area contributed by atoms with Gasteiger partial charge in [0.15, 0.2) is 5.58 Å². The SMILES string of the molecule is CS(=O)(=O)NCC1CCN(c2nc3ccccc3o2)CC1. The molecule has 3 rings (SSSR count). The van der Waals surface area contributed by atoms with Crippen LogP contribution >= 0.6 is 0 Å². The second-order valence-electron chi connectivity index (χ2n) is 5.52. The van der Waals surface area contributed by atoms with Crippen LogP contribution in [0, 0.1) is 5.92 Å². The standard InChI is InChI=1S/C14H19N3O3S/c1-21(18,19)15-10-11-6-8-17(9-7-11)14-16-12-4-2-3-5-13(12)20-14/h2-5,11,15H,6-10H2,1H3. The Kier molecular flexibility index (Phi) is 3.86. The van der Waals surface area contributed by atoms with E-state index in [1.807, 2.05) is 24.3 Å². The lowest BCUT2D eigenvalue weighted by Gasteiger charge is -2.30. The van der Waals surface area contributed by atoms with Crippen molar-refractivity contribution < 1.29 is 12.8 Å². The lowest BCUT2D eigenvalue weighted by atomic mass is 9.97. The topological polar surface area (TPSA) is 75.4 Å². The van der Waals surface area contributed by atoms with Crippen molar-refractivity contribution in [3.63, 3.8) is 0 Å². The summed E-state index contributed by atoms with van der Waals surface area (Å²) in [7, 11) is -3.10. The van der Waals surface area contributed by atoms with E-state index in [1.165, 1.54) is 6.26 Å². The van der Waals surface area contributed by atoms with Gasteiger partial charge in [-0.25, -0.2) is 13.1 Å². The Labute approximate surface area is 124 Å². The maximum absolute atomic E-state index is 11.1. The molecular weight excluding hydrogens is 290 g/mol. The van der Waals surface area contributed by atoms with E-state index < -0.39 is 10.0 Å². The Morgan fingerprint density at radius 1 is 1.33 bits per heavy atom. The van der Waals surface area contributed by atoms with Gasteiger partial charge in [0.05, 0.1) is 6.26 Å². The van der Waals surface area contributed by atoms with Gasteiger partial charge in [-0.3, -0.25) is 0 Å². The van der Waals surface area contributed by atoms with Crippen LogP contribution in [-0.2, 0) is 10.0 Å². The minimum absolute atomic E-state index is 0.375. The van der Waals surface area contributed by atoms with E-state index in [-0.39, 0.29) is 0 Å². The molecule has 21 heavy (non-hydrogen) atoms. The van der Waals surface area contributed by atoms with Gasteiger partial charge >= 0.3 is 0 Å². The number of nitrogens with zero attached hydrogens (tertiary/aromatic N) is 2. The second kappa shape index (κ2) is 5.65. The summed E-state index contributed by atoms with van der Waals surface area (Å²) in [6.45, 7) is 2.19. The largest absolute Gasteiger partial charge is 0.423 e. The summed E-state index contributed by atoms with van der Waals surface area (Å²) in [5, 5.41) is 0. The van der Waals surface area contributed by atoms with Crippen LogP contribution in [-0.4, -0.2) is 39.3 Å². The zero-order valence-corrected chi connectivity index (χ0v) is 12.8. The Morgan fingerprint density at radius 3 is 2.71 bits per heavy atom. The monoisotopic (exact) mass is 309 g/mol. The molecule has 0 unspecified atom stereocenters. The molecule has 0 saturated carbocycles. The normalized spacial score (nSPS) is 17.5. The first kappa shape index (κ1) is 14.3. The van der Waals surface area contributed by atoms with Crippen molar-refractivity contribution >= 4 is 27.1 Å². The third-order valence-electron chi connectivity index (χ3n) is 3.80. The number of hydrogen-bond donors (Lipinski definition) is 1. The second-order valence-corrected chi connectivity index (χ2v) is 7.35. The van der Waals surface area contributed by atoms with Crippen LogP contribution in [0.15, 0.2) is 28.7 Å². The molecule has 0 aliphatic carbocycles. The number of rotatable bonds is 4. The van der Waals surface area contributed by atoms with Gasteiger partial charge in [-0.1, -0.05) is 12.1 Å². The average molecular weight is 309 g/mol. The van der Waals surface area contributed by atoms with Crippen molar-refractivity contribution in [2.45, 2.75) is 12.8 Å². The first-order chi connectivity index (χ1) is 10.0. The minimum atomic E-state index is -3.10. The molecule has 0 spiro atoms. The summed E-state index contributed by atoms with van der Waals surface area (Å²) < 4.78 is 30.6. The van der Waals surface area contributed by atoms with E-state index in [4.69, 9.17) is 4.42 Å². The number of hydrogen-bond acceptors (Lipinski definition) is 5. The lowest BCUT2D eigenvalue weighted by Crippen LogP contribution is -2.38. The van der Waals surface area contributed by atoms with Gasteiger partial charge in [-0.15, -0.1) is 0 Å². The zero-order valence-electron chi connectivity index (χ0n) is 11.9. The van der Waals surface area contributed by atoms with Crippen LogP contribution in [0.2, 0.25) is 0 Å². The van der Waals surface area contributed by atoms with E-state index in [2.05, 4.69) is 14.6 Å². The fourth-order valence-electron chi connectivity index (χ4n) is 2.59. The highest BCUT2D eigenvalue weighted by atomic mass is 32.2. The van der Waals surface area contributed by atoms with Gasteiger partial charge in [0.25, 0.3) is 6.01 Å². The molecule has 2 aromatic rings. The van der Waals surface area contributed by atoms with Crippen LogP contribution in [0.4, 0.5) is 6.01 Å².